The Balaban J connectivity index is 2.39. The molecule has 0 spiro atoms. The molecule has 0 unspecified atom stereocenters. The van der Waals surface area contributed by atoms with Crippen molar-refractivity contribution in [2.24, 2.45) is 0 Å². The maximum atomic E-state index is 9.66. The molecular formula is C10H14N2O. The number of aromatic hydroxyl groups is 1. The Hall–Kier alpha value is -1.06. The molecule has 0 aliphatic carbocycles. The summed E-state index contributed by atoms with van der Waals surface area (Å²) in [5.41, 5.74) is 0.637. The lowest BCUT2D eigenvalue weighted by Crippen LogP contribution is -2.42. The highest BCUT2D eigenvalue weighted by molar-refractivity contribution is 5.37. The summed E-state index contributed by atoms with van der Waals surface area (Å²) in [6.45, 7) is 3.91. The van der Waals surface area contributed by atoms with Gasteiger partial charge in [0.1, 0.15) is 5.75 Å². The zero-order chi connectivity index (χ0) is 9.31. The molecule has 1 saturated heterocycles. The maximum absolute atomic E-state index is 9.66. The summed E-state index contributed by atoms with van der Waals surface area (Å²) in [4.78, 5) is 0. The zero-order valence-electron chi connectivity index (χ0n) is 7.67. The van der Waals surface area contributed by atoms with Gasteiger partial charge in [0.25, 0.3) is 0 Å². The molecule has 1 aliphatic heterocycles. The van der Waals surface area contributed by atoms with Crippen molar-refractivity contribution in [3.8, 4) is 5.75 Å². The normalized spacial score (nSPS) is 20.4. The topological polar surface area (TPSA) is 44.3 Å². The molecule has 0 amide bonds. The minimum atomic E-state index is -0.272. The van der Waals surface area contributed by atoms with Crippen LogP contribution in [-0.4, -0.2) is 18.2 Å². The third-order valence-corrected chi connectivity index (χ3v) is 2.52. The first kappa shape index (κ1) is 8.53. The molecule has 0 atom stereocenters. The van der Waals surface area contributed by atoms with E-state index in [4.69, 9.17) is 0 Å². The Labute approximate surface area is 77.8 Å². The average molecular weight is 178 g/mol. The molecule has 1 heterocycles. The molecule has 1 aromatic carbocycles. The van der Waals surface area contributed by atoms with Crippen LogP contribution >= 0.6 is 0 Å². The van der Waals surface area contributed by atoms with Crippen molar-refractivity contribution in [3.05, 3.63) is 29.8 Å². The van der Waals surface area contributed by atoms with Gasteiger partial charge in [-0.2, -0.15) is 0 Å². The smallest absolute Gasteiger partial charge is 0.121 e. The first-order valence-corrected chi connectivity index (χ1v) is 4.51. The second-order valence-electron chi connectivity index (χ2n) is 3.50. The lowest BCUT2D eigenvalue weighted by atomic mass is 10.0. The van der Waals surface area contributed by atoms with E-state index in [-0.39, 0.29) is 5.66 Å². The van der Waals surface area contributed by atoms with Gasteiger partial charge in [-0.1, -0.05) is 18.2 Å². The number of nitrogens with one attached hydrogen (secondary N) is 2. The fraction of sp³-hybridized carbons (Fsp3) is 0.400. The van der Waals surface area contributed by atoms with Crippen LogP contribution in [0.25, 0.3) is 0 Å². The number of para-hydroxylation sites is 1. The third kappa shape index (κ3) is 1.41. The first-order valence-electron chi connectivity index (χ1n) is 4.51. The molecule has 0 bridgehead atoms. The van der Waals surface area contributed by atoms with E-state index >= 15 is 0 Å². The van der Waals surface area contributed by atoms with Crippen molar-refractivity contribution in [2.75, 3.05) is 13.1 Å². The number of benzene rings is 1. The highest BCUT2D eigenvalue weighted by Gasteiger charge is 2.31. The van der Waals surface area contributed by atoms with E-state index in [9.17, 15) is 5.11 Å². The number of hydrogen-bond donors (Lipinski definition) is 3. The molecule has 2 rings (SSSR count). The van der Waals surface area contributed by atoms with Crippen LogP contribution in [0.4, 0.5) is 0 Å². The number of phenolic OH excluding ortho intramolecular Hbond substituents is 1. The van der Waals surface area contributed by atoms with Gasteiger partial charge in [0.2, 0.25) is 0 Å². The maximum Gasteiger partial charge on any atom is 0.121 e. The van der Waals surface area contributed by atoms with Crippen LogP contribution in [0.3, 0.4) is 0 Å². The molecule has 1 fully saturated rings. The van der Waals surface area contributed by atoms with Gasteiger partial charge in [-0.15, -0.1) is 0 Å². The van der Waals surface area contributed by atoms with Crippen LogP contribution in [-0.2, 0) is 5.66 Å². The Kier molecular flexibility index (Phi) is 1.98. The Bertz CT molecular complexity index is 306. The molecule has 70 valence electrons. The summed E-state index contributed by atoms with van der Waals surface area (Å²) in [6.07, 6.45) is 0. The molecule has 3 heteroatoms. The number of rotatable bonds is 1. The molecule has 0 radical (unpaired) electrons. The highest BCUT2D eigenvalue weighted by atomic mass is 16.3. The molecule has 1 aromatic rings. The summed E-state index contributed by atoms with van der Waals surface area (Å²) >= 11 is 0. The van der Waals surface area contributed by atoms with Crippen LogP contribution in [0.2, 0.25) is 0 Å². The third-order valence-electron chi connectivity index (χ3n) is 2.52. The first-order chi connectivity index (χ1) is 6.22. The van der Waals surface area contributed by atoms with Crippen LogP contribution in [0, 0.1) is 0 Å². The SMILES string of the molecule is CC1(c2ccccc2O)NCCN1. The minimum Gasteiger partial charge on any atom is -0.508 e. The van der Waals surface area contributed by atoms with Crippen molar-refractivity contribution in [2.45, 2.75) is 12.6 Å². The van der Waals surface area contributed by atoms with E-state index in [1.54, 1.807) is 6.07 Å². The molecule has 3 nitrogen and oxygen atoms in total. The van der Waals surface area contributed by atoms with Crippen molar-refractivity contribution < 1.29 is 5.11 Å². The predicted molar refractivity (Wildman–Crippen MR) is 51.5 cm³/mol. The van der Waals surface area contributed by atoms with Crippen molar-refractivity contribution in [1.82, 2.24) is 10.6 Å². The van der Waals surface area contributed by atoms with Crippen LogP contribution in [0.5, 0.6) is 5.75 Å². The van der Waals surface area contributed by atoms with Gasteiger partial charge < -0.3 is 5.11 Å². The van der Waals surface area contributed by atoms with Crippen LogP contribution in [0.1, 0.15) is 12.5 Å². The Morgan fingerprint density at radius 1 is 1.23 bits per heavy atom. The quantitative estimate of drug-likeness (QED) is 0.595. The molecule has 13 heavy (non-hydrogen) atoms. The Morgan fingerprint density at radius 3 is 2.46 bits per heavy atom. The van der Waals surface area contributed by atoms with Crippen molar-refractivity contribution in [3.63, 3.8) is 0 Å². The monoisotopic (exact) mass is 178 g/mol. The van der Waals surface area contributed by atoms with Gasteiger partial charge in [0.15, 0.2) is 0 Å². The van der Waals surface area contributed by atoms with E-state index in [1.807, 2.05) is 25.1 Å². The predicted octanol–water partition coefficient (Wildman–Crippen LogP) is 0.758. The van der Waals surface area contributed by atoms with Gasteiger partial charge in [-0.25, -0.2) is 0 Å². The molecule has 0 aromatic heterocycles. The van der Waals surface area contributed by atoms with Gasteiger partial charge in [0.05, 0.1) is 5.66 Å². The molecule has 3 N–H and O–H groups in total. The standard InChI is InChI=1S/C10H14N2O/c1-10(11-6-7-12-10)8-4-2-3-5-9(8)13/h2-5,11-13H,6-7H2,1H3. The van der Waals surface area contributed by atoms with E-state index in [0.717, 1.165) is 18.7 Å². The van der Waals surface area contributed by atoms with Gasteiger partial charge in [0, 0.05) is 18.7 Å². The Morgan fingerprint density at radius 2 is 1.85 bits per heavy atom. The van der Waals surface area contributed by atoms with E-state index in [1.165, 1.54) is 0 Å². The van der Waals surface area contributed by atoms with Crippen LogP contribution in [0.15, 0.2) is 24.3 Å². The fourth-order valence-corrected chi connectivity index (χ4v) is 1.77. The number of phenols is 1. The van der Waals surface area contributed by atoms with Crippen LogP contribution < -0.4 is 10.6 Å². The van der Waals surface area contributed by atoms with E-state index in [2.05, 4.69) is 10.6 Å². The van der Waals surface area contributed by atoms with Crippen molar-refractivity contribution in [1.29, 1.82) is 0 Å². The van der Waals surface area contributed by atoms with Gasteiger partial charge in [-0.05, 0) is 13.0 Å². The van der Waals surface area contributed by atoms with Gasteiger partial charge in [-0.3, -0.25) is 10.6 Å². The average Bonchev–Trinajstić information content (AvgIpc) is 2.54. The minimum absolute atomic E-state index is 0.272. The summed E-state index contributed by atoms with van der Waals surface area (Å²) in [7, 11) is 0. The zero-order valence-corrected chi connectivity index (χ0v) is 7.67. The van der Waals surface area contributed by atoms with Gasteiger partial charge >= 0.3 is 0 Å². The second kappa shape index (κ2) is 3.01. The number of hydrogen-bond acceptors (Lipinski definition) is 3. The molecular weight excluding hydrogens is 164 g/mol. The summed E-state index contributed by atoms with van der Waals surface area (Å²) in [6, 6.07) is 7.40. The lowest BCUT2D eigenvalue weighted by molar-refractivity contribution is 0.360. The van der Waals surface area contributed by atoms with E-state index < -0.39 is 0 Å². The second-order valence-corrected chi connectivity index (χ2v) is 3.50. The lowest BCUT2D eigenvalue weighted by Gasteiger charge is -2.26. The summed E-state index contributed by atoms with van der Waals surface area (Å²) in [5, 5.41) is 16.3. The highest BCUT2D eigenvalue weighted by Crippen LogP contribution is 2.27. The summed E-state index contributed by atoms with van der Waals surface area (Å²) in [5.74, 6) is 0.340. The largest absolute Gasteiger partial charge is 0.508 e. The fourth-order valence-electron chi connectivity index (χ4n) is 1.77. The van der Waals surface area contributed by atoms with Crippen molar-refractivity contribution >= 4 is 0 Å². The van der Waals surface area contributed by atoms with E-state index in [0.29, 0.717) is 5.75 Å². The summed E-state index contributed by atoms with van der Waals surface area (Å²) < 4.78 is 0. The molecule has 1 aliphatic rings. The molecule has 0 saturated carbocycles.